The Balaban J connectivity index is 1.12. The second kappa shape index (κ2) is 15.2. The van der Waals surface area contributed by atoms with E-state index in [0.29, 0.717) is 0 Å². The van der Waals surface area contributed by atoms with Crippen molar-refractivity contribution in [1.82, 2.24) is 9.13 Å². The van der Waals surface area contributed by atoms with Crippen LogP contribution in [0.1, 0.15) is 52.7 Å². The van der Waals surface area contributed by atoms with Crippen molar-refractivity contribution < 1.29 is 0 Å². The van der Waals surface area contributed by atoms with Gasteiger partial charge in [-0.05, 0) is 110 Å². The molecular weight excluding hydrogens is 902 g/mol. The summed E-state index contributed by atoms with van der Waals surface area (Å²) in [4.78, 5) is 2.68. The zero-order valence-electron chi connectivity index (χ0n) is 42.0. The molecule has 0 saturated heterocycles. The molecule has 348 valence electrons. The smallest absolute Gasteiger partial charge is 0.253 e. The normalized spacial score (nSPS) is 13.3. The van der Waals surface area contributed by atoms with Crippen LogP contribution in [0.4, 0.5) is 17.1 Å². The van der Waals surface area contributed by atoms with Crippen LogP contribution in [0.2, 0.25) is 0 Å². The van der Waals surface area contributed by atoms with Crippen LogP contribution in [-0.2, 0) is 10.8 Å². The average Bonchev–Trinajstić information content (AvgIpc) is 4.06. The Morgan fingerprint density at radius 3 is 1.64 bits per heavy atom. The molecule has 3 nitrogen and oxygen atoms in total. The number of para-hydroxylation sites is 4. The van der Waals surface area contributed by atoms with E-state index in [1.165, 1.54) is 142 Å². The first-order valence-electron chi connectivity index (χ1n) is 25.8. The van der Waals surface area contributed by atoms with Crippen molar-refractivity contribution in [1.29, 1.82) is 0 Å². The van der Waals surface area contributed by atoms with Crippen LogP contribution in [0.5, 0.6) is 0 Å². The summed E-state index contributed by atoms with van der Waals surface area (Å²) in [7, 11) is 0. The van der Waals surface area contributed by atoms with Gasteiger partial charge in [0.15, 0.2) is 0 Å². The number of hydrogen-bond donors (Lipinski definition) is 0. The van der Waals surface area contributed by atoms with E-state index in [9.17, 15) is 0 Å². The van der Waals surface area contributed by atoms with E-state index >= 15 is 0 Å². The maximum absolute atomic E-state index is 2.68. The quantitative estimate of drug-likeness (QED) is 0.160. The molecule has 10 aromatic carbocycles. The van der Waals surface area contributed by atoms with Gasteiger partial charge in [0.2, 0.25) is 0 Å². The number of aromatic nitrogens is 2. The summed E-state index contributed by atoms with van der Waals surface area (Å²) in [6, 6.07) is 78.7. The zero-order chi connectivity index (χ0) is 49.1. The van der Waals surface area contributed by atoms with Gasteiger partial charge >= 0.3 is 0 Å². The third kappa shape index (κ3) is 6.06. The van der Waals surface area contributed by atoms with Gasteiger partial charge in [-0.15, -0.1) is 11.3 Å². The lowest BCUT2D eigenvalue weighted by Gasteiger charge is -2.42. The van der Waals surface area contributed by atoms with E-state index in [-0.39, 0.29) is 17.5 Å². The first-order valence-corrected chi connectivity index (χ1v) is 26.6. The Morgan fingerprint density at radius 1 is 0.397 bits per heavy atom. The second-order valence-electron chi connectivity index (χ2n) is 22.5. The summed E-state index contributed by atoms with van der Waals surface area (Å²) in [5, 5.41) is 7.73. The Bertz CT molecular complexity index is 4370. The van der Waals surface area contributed by atoms with Gasteiger partial charge in [-0.1, -0.05) is 187 Å². The standard InChI is InChI=1S/C68H52BN3S/c1-67(2,3)43-34-30-41(31-35-43)46-23-16-24-47(42-32-36-44(37-33-42)68(4,5)6)65(46)72-57-28-17-27-56-63(57)69(53-40-61-51(38-58(53)72)49-21-12-15-29-60(49)73-61)64-62-50-22-11-14-26-55(50)70(45-18-8-7-9-19-45)59(62)39-52-48-20-10-13-25-54(48)71(56)66(52)64/h7-40H,1-6H3. The highest BCUT2D eigenvalue weighted by atomic mass is 32.1. The van der Waals surface area contributed by atoms with Crippen molar-refractivity contribution in [2.75, 3.05) is 4.90 Å². The van der Waals surface area contributed by atoms with Gasteiger partial charge in [-0.3, -0.25) is 0 Å². The van der Waals surface area contributed by atoms with Gasteiger partial charge in [-0.25, -0.2) is 0 Å². The number of benzene rings is 10. The summed E-state index contributed by atoms with van der Waals surface area (Å²) >= 11 is 1.92. The predicted molar refractivity (Wildman–Crippen MR) is 316 cm³/mol. The van der Waals surface area contributed by atoms with Crippen LogP contribution in [-0.4, -0.2) is 15.8 Å². The van der Waals surface area contributed by atoms with Gasteiger partial charge in [0, 0.05) is 75.6 Å². The van der Waals surface area contributed by atoms with Crippen molar-refractivity contribution in [3.63, 3.8) is 0 Å². The van der Waals surface area contributed by atoms with Crippen LogP contribution in [0.3, 0.4) is 0 Å². The van der Waals surface area contributed by atoms with Crippen molar-refractivity contribution in [2.24, 2.45) is 0 Å². The Kier molecular flexibility index (Phi) is 8.87. The minimum Gasteiger partial charge on any atom is -0.310 e. The number of nitrogens with zero attached hydrogens (tertiary/aromatic N) is 3. The third-order valence-corrected chi connectivity index (χ3v) is 17.4. The molecule has 0 atom stereocenters. The zero-order valence-corrected chi connectivity index (χ0v) is 42.8. The van der Waals surface area contributed by atoms with Crippen molar-refractivity contribution >= 4 is 115 Å². The van der Waals surface area contributed by atoms with Crippen molar-refractivity contribution in [2.45, 2.75) is 52.4 Å². The van der Waals surface area contributed by atoms with Gasteiger partial charge in [0.05, 0.1) is 27.8 Å². The first kappa shape index (κ1) is 42.6. The lowest BCUT2D eigenvalue weighted by Crippen LogP contribution is -2.60. The molecule has 73 heavy (non-hydrogen) atoms. The van der Waals surface area contributed by atoms with E-state index in [1.807, 2.05) is 11.3 Å². The van der Waals surface area contributed by atoms with E-state index in [2.05, 4.69) is 262 Å². The topological polar surface area (TPSA) is 13.1 Å². The largest absolute Gasteiger partial charge is 0.310 e. The molecule has 13 aromatic rings. The third-order valence-electron chi connectivity index (χ3n) is 16.2. The minimum absolute atomic E-state index is 0.0276. The minimum atomic E-state index is -0.0853. The number of thiophene rings is 1. The second-order valence-corrected chi connectivity index (χ2v) is 23.5. The fourth-order valence-electron chi connectivity index (χ4n) is 12.8. The maximum atomic E-state index is 2.68. The number of rotatable bonds is 4. The lowest BCUT2D eigenvalue weighted by molar-refractivity contribution is 0.590. The van der Waals surface area contributed by atoms with Crippen molar-refractivity contribution in [3.05, 3.63) is 217 Å². The molecule has 0 bridgehead atoms. The average molecular weight is 954 g/mol. The molecule has 0 unspecified atom stereocenters. The Labute approximate surface area is 430 Å². The van der Waals surface area contributed by atoms with Crippen LogP contribution in [0, 0.1) is 0 Å². The Morgan fingerprint density at radius 2 is 0.973 bits per heavy atom. The number of fused-ring (bicyclic) bond motifs is 14. The maximum Gasteiger partial charge on any atom is 0.253 e. The van der Waals surface area contributed by atoms with Crippen LogP contribution in [0.25, 0.3) is 97.4 Å². The number of anilines is 3. The summed E-state index contributed by atoms with van der Waals surface area (Å²) in [6.07, 6.45) is 0. The number of hydrogen-bond acceptors (Lipinski definition) is 2. The molecule has 0 aliphatic carbocycles. The fraction of sp³-hybridized carbons (Fsp3) is 0.118. The molecule has 0 N–H and O–H groups in total. The van der Waals surface area contributed by atoms with E-state index in [0.717, 1.165) is 0 Å². The van der Waals surface area contributed by atoms with E-state index < -0.39 is 0 Å². The van der Waals surface area contributed by atoms with E-state index in [4.69, 9.17) is 0 Å². The molecule has 5 heterocycles. The lowest BCUT2D eigenvalue weighted by atomic mass is 9.33. The van der Waals surface area contributed by atoms with Gasteiger partial charge in [0.1, 0.15) is 0 Å². The summed E-state index contributed by atoms with van der Waals surface area (Å²) in [6.45, 7) is 13.7. The summed E-state index contributed by atoms with van der Waals surface area (Å²) < 4.78 is 7.75. The van der Waals surface area contributed by atoms with Crippen molar-refractivity contribution in [3.8, 4) is 33.6 Å². The molecule has 0 amide bonds. The van der Waals surface area contributed by atoms with Crippen LogP contribution in [0.15, 0.2) is 206 Å². The SMILES string of the molecule is CC(C)(C)c1ccc(-c2cccc(-c3ccc(C(C)(C)C)cc3)c2N2c3cc4c(cc3B3c5c2cccc5-n2c5ccccc5c5cc6c(c3c52)c2ccccc2n6-c2ccccc2)sc2ccccc24)cc1. The van der Waals surface area contributed by atoms with Gasteiger partial charge in [-0.2, -0.15) is 0 Å². The van der Waals surface area contributed by atoms with Gasteiger partial charge < -0.3 is 14.0 Å². The monoisotopic (exact) mass is 953 g/mol. The molecule has 0 radical (unpaired) electrons. The molecule has 3 aromatic heterocycles. The molecule has 2 aliphatic heterocycles. The van der Waals surface area contributed by atoms with E-state index in [1.54, 1.807) is 0 Å². The molecule has 0 saturated carbocycles. The molecule has 5 heteroatoms. The summed E-state index contributed by atoms with van der Waals surface area (Å²) in [5.41, 5.74) is 22.5. The molecule has 2 aliphatic rings. The molecule has 0 spiro atoms. The highest BCUT2D eigenvalue weighted by Crippen LogP contribution is 2.51. The molecule has 15 rings (SSSR count). The summed E-state index contributed by atoms with van der Waals surface area (Å²) in [5.74, 6) is 0. The fourth-order valence-corrected chi connectivity index (χ4v) is 13.9. The van der Waals surface area contributed by atoms with Crippen LogP contribution < -0.4 is 21.3 Å². The first-order chi connectivity index (χ1) is 35.5. The highest BCUT2D eigenvalue weighted by Gasteiger charge is 2.45. The predicted octanol–water partition coefficient (Wildman–Crippen LogP) is 16.8. The Hall–Kier alpha value is -8.12. The molecular formula is C68H52BN3S. The highest BCUT2D eigenvalue weighted by molar-refractivity contribution is 7.26. The molecule has 0 fully saturated rings. The van der Waals surface area contributed by atoms with Gasteiger partial charge in [0.25, 0.3) is 6.71 Å². The van der Waals surface area contributed by atoms with Crippen LogP contribution >= 0.6 is 11.3 Å².